The number of aromatic carboxylic acids is 1. The molecule has 0 bridgehead atoms. The molecule has 2 aromatic heterocycles. The summed E-state index contributed by atoms with van der Waals surface area (Å²) in [5.41, 5.74) is 5.72. The molecule has 4 N–H and O–H groups in total. The Bertz CT molecular complexity index is 1270. The molecule has 10 nitrogen and oxygen atoms in total. The number of hydrogen-bond donors (Lipinski definition) is 3. The number of piperazine rings is 1. The highest BCUT2D eigenvalue weighted by molar-refractivity contribution is 7.13. The normalized spacial score (nSPS) is 13.7. The summed E-state index contributed by atoms with van der Waals surface area (Å²) in [5.74, 6) is -0.859. The first kappa shape index (κ1) is 27.6. The molecule has 0 atom stereocenters. The van der Waals surface area contributed by atoms with Crippen LogP contribution in [0.4, 0.5) is 5.95 Å². The number of thiophene rings is 1. The molecule has 36 heavy (non-hydrogen) atoms. The Morgan fingerprint density at radius 3 is 2.47 bits per heavy atom. The largest absolute Gasteiger partial charge is 0.477 e. The van der Waals surface area contributed by atoms with Gasteiger partial charge in [-0.25, -0.2) is 9.78 Å². The van der Waals surface area contributed by atoms with Crippen molar-refractivity contribution < 1.29 is 19.4 Å². The first-order valence-corrected chi connectivity index (χ1v) is 12.4. The van der Waals surface area contributed by atoms with Crippen molar-refractivity contribution in [2.45, 2.75) is 13.2 Å². The Hall–Kier alpha value is -2.96. The molecule has 0 aliphatic carbocycles. The van der Waals surface area contributed by atoms with E-state index in [1.165, 1.54) is 29.5 Å². The SMILES string of the molecule is COCc1cc(=O)[nH]c(N2CCN(Cc3ccc(C(=O)O)s3)CC2)n1.NC(=O)c1ccc(Cl)cc1Cl. The second-order valence-electron chi connectivity index (χ2n) is 7.82. The van der Waals surface area contributed by atoms with Crippen LogP contribution >= 0.6 is 34.5 Å². The van der Waals surface area contributed by atoms with Crippen LogP contribution in [0.2, 0.25) is 10.0 Å². The summed E-state index contributed by atoms with van der Waals surface area (Å²) < 4.78 is 5.04. The minimum absolute atomic E-state index is 0.181. The van der Waals surface area contributed by atoms with Crippen molar-refractivity contribution in [2.24, 2.45) is 5.73 Å². The molecule has 3 heterocycles. The van der Waals surface area contributed by atoms with Crippen LogP contribution in [-0.2, 0) is 17.9 Å². The maximum Gasteiger partial charge on any atom is 0.345 e. The van der Waals surface area contributed by atoms with Gasteiger partial charge in [-0.1, -0.05) is 23.2 Å². The van der Waals surface area contributed by atoms with Gasteiger partial charge in [0.15, 0.2) is 0 Å². The number of nitrogens with two attached hydrogens (primary N) is 1. The van der Waals surface area contributed by atoms with E-state index in [2.05, 4.69) is 14.9 Å². The number of carboxylic acids is 1. The molecule has 1 saturated heterocycles. The van der Waals surface area contributed by atoms with Crippen LogP contribution in [0, 0.1) is 0 Å². The van der Waals surface area contributed by atoms with Gasteiger partial charge in [-0.2, -0.15) is 0 Å². The number of benzene rings is 1. The lowest BCUT2D eigenvalue weighted by Crippen LogP contribution is -2.46. The highest BCUT2D eigenvalue weighted by atomic mass is 35.5. The van der Waals surface area contributed by atoms with Gasteiger partial charge >= 0.3 is 5.97 Å². The van der Waals surface area contributed by atoms with Gasteiger partial charge < -0.3 is 20.5 Å². The molecule has 192 valence electrons. The van der Waals surface area contributed by atoms with Gasteiger partial charge in [0.1, 0.15) is 4.88 Å². The first-order chi connectivity index (χ1) is 17.2. The fraction of sp³-hybridized carbons (Fsp3) is 0.304. The third kappa shape index (κ3) is 7.77. The number of methoxy groups -OCH3 is 1. The lowest BCUT2D eigenvalue weighted by molar-refractivity contribution is 0.0702. The van der Waals surface area contributed by atoms with Gasteiger partial charge in [0, 0.05) is 55.8 Å². The highest BCUT2D eigenvalue weighted by Crippen LogP contribution is 2.21. The second kappa shape index (κ2) is 12.8. The van der Waals surface area contributed by atoms with Gasteiger partial charge in [0.2, 0.25) is 11.9 Å². The van der Waals surface area contributed by atoms with Crippen LogP contribution < -0.4 is 16.2 Å². The van der Waals surface area contributed by atoms with Crippen LogP contribution in [0.25, 0.3) is 0 Å². The van der Waals surface area contributed by atoms with Gasteiger partial charge in [-0.05, 0) is 30.3 Å². The third-order valence-electron chi connectivity index (χ3n) is 5.19. The van der Waals surface area contributed by atoms with Gasteiger partial charge in [-0.15, -0.1) is 11.3 Å². The highest BCUT2D eigenvalue weighted by Gasteiger charge is 2.20. The van der Waals surface area contributed by atoms with Crippen LogP contribution in [0.15, 0.2) is 41.2 Å². The zero-order chi connectivity index (χ0) is 26.2. The van der Waals surface area contributed by atoms with Crippen LogP contribution in [0.3, 0.4) is 0 Å². The summed E-state index contributed by atoms with van der Waals surface area (Å²) >= 11 is 12.5. The molecule has 13 heteroatoms. The van der Waals surface area contributed by atoms with Crippen molar-refractivity contribution in [1.29, 1.82) is 0 Å². The average Bonchev–Trinajstić information content (AvgIpc) is 3.28. The lowest BCUT2D eigenvalue weighted by Gasteiger charge is -2.34. The van der Waals surface area contributed by atoms with Crippen molar-refractivity contribution >= 4 is 52.4 Å². The number of nitrogens with zero attached hydrogens (tertiary/aromatic N) is 3. The number of ether oxygens (including phenoxy) is 1. The number of nitrogens with one attached hydrogen (secondary N) is 1. The summed E-state index contributed by atoms with van der Waals surface area (Å²) in [6.07, 6.45) is 0. The summed E-state index contributed by atoms with van der Waals surface area (Å²) in [6.45, 7) is 4.17. The fourth-order valence-corrected chi connectivity index (χ4v) is 4.86. The predicted octanol–water partition coefficient (Wildman–Crippen LogP) is 3.09. The Labute approximate surface area is 221 Å². The van der Waals surface area contributed by atoms with E-state index in [9.17, 15) is 14.4 Å². The molecular weight excluding hydrogens is 529 g/mol. The smallest absolute Gasteiger partial charge is 0.345 e. The number of hydrogen-bond acceptors (Lipinski definition) is 8. The molecule has 1 aromatic carbocycles. The van der Waals surface area contributed by atoms with Crippen LogP contribution in [-0.4, -0.2) is 65.1 Å². The van der Waals surface area contributed by atoms with E-state index in [1.54, 1.807) is 19.2 Å². The second-order valence-corrected chi connectivity index (χ2v) is 9.83. The number of amides is 1. The number of anilines is 1. The van der Waals surface area contributed by atoms with Gasteiger partial charge in [-0.3, -0.25) is 19.5 Å². The van der Waals surface area contributed by atoms with Crippen molar-refractivity contribution in [3.63, 3.8) is 0 Å². The summed E-state index contributed by atoms with van der Waals surface area (Å²) in [7, 11) is 1.57. The topological polar surface area (TPSA) is 142 Å². The van der Waals surface area contributed by atoms with Crippen molar-refractivity contribution in [3.05, 3.63) is 77.8 Å². The Kier molecular flexibility index (Phi) is 9.85. The lowest BCUT2D eigenvalue weighted by atomic mass is 10.2. The van der Waals surface area contributed by atoms with Crippen LogP contribution in [0.5, 0.6) is 0 Å². The molecule has 3 aromatic rings. The molecule has 0 unspecified atom stereocenters. The molecule has 0 radical (unpaired) electrons. The molecule has 1 aliphatic heterocycles. The molecule has 0 spiro atoms. The molecular formula is C23H25Cl2N5O5S. The van der Waals surface area contributed by atoms with Crippen molar-refractivity contribution in [1.82, 2.24) is 14.9 Å². The number of aromatic nitrogens is 2. The minimum atomic E-state index is -0.882. The van der Waals surface area contributed by atoms with Crippen LogP contribution in [0.1, 0.15) is 30.6 Å². The van der Waals surface area contributed by atoms with Gasteiger partial charge in [0.25, 0.3) is 5.56 Å². The molecule has 0 saturated carbocycles. The van der Waals surface area contributed by atoms with E-state index < -0.39 is 11.9 Å². The summed E-state index contributed by atoms with van der Waals surface area (Å²) in [6, 6.07) is 9.49. The quantitative estimate of drug-likeness (QED) is 0.405. The number of primary amides is 1. The predicted molar refractivity (Wildman–Crippen MR) is 139 cm³/mol. The Morgan fingerprint density at radius 1 is 1.17 bits per heavy atom. The number of carbonyl (C=O) groups is 2. The van der Waals surface area contributed by atoms with E-state index in [4.69, 9.17) is 38.8 Å². The number of carbonyl (C=O) groups excluding carboxylic acids is 1. The number of carboxylic acid groups (broad SMARTS) is 1. The van der Waals surface area contributed by atoms with E-state index in [1.807, 2.05) is 11.0 Å². The average molecular weight is 554 g/mol. The molecule has 1 amide bonds. The molecule has 1 aliphatic rings. The maximum atomic E-state index is 11.8. The van der Waals surface area contributed by atoms with Crippen molar-refractivity contribution in [2.75, 3.05) is 38.2 Å². The standard InChI is InChI=1S/C16H20N4O4S.C7H5Cl2NO/c1-24-10-11-8-14(21)18-16(17-11)20-6-4-19(5-7-20)9-12-2-3-13(25-12)15(22)23;8-4-1-2-5(7(10)11)6(9)3-4/h2-3,8H,4-7,9-10H2,1H3,(H,22,23)(H,17,18,21);1-3H,(H2,10,11). The van der Waals surface area contributed by atoms with E-state index in [0.29, 0.717) is 28.1 Å². The first-order valence-electron chi connectivity index (χ1n) is 10.8. The number of aromatic amines is 1. The Balaban J connectivity index is 0.000000275. The fourth-order valence-electron chi connectivity index (χ4n) is 3.47. The Morgan fingerprint density at radius 2 is 1.89 bits per heavy atom. The maximum absolute atomic E-state index is 11.8. The zero-order valence-corrected chi connectivity index (χ0v) is 21.7. The number of halogens is 2. The molecule has 1 fully saturated rings. The summed E-state index contributed by atoms with van der Waals surface area (Å²) in [5, 5.41) is 9.76. The van der Waals surface area contributed by atoms with E-state index >= 15 is 0 Å². The number of rotatable bonds is 7. The monoisotopic (exact) mass is 553 g/mol. The number of H-pyrrole nitrogens is 1. The van der Waals surface area contributed by atoms with E-state index in [-0.39, 0.29) is 16.1 Å². The zero-order valence-electron chi connectivity index (χ0n) is 19.4. The van der Waals surface area contributed by atoms with Gasteiger partial charge in [0.05, 0.1) is 22.9 Å². The van der Waals surface area contributed by atoms with E-state index in [0.717, 1.165) is 37.6 Å². The van der Waals surface area contributed by atoms with Crippen molar-refractivity contribution in [3.8, 4) is 0 Å². The minimum Gasteiger partial charge on any atom is -0.477 e. The molecule has 4 rings (SSSR count). The summed E-state index contributed by atoms with van der Waals surface area (Å²) in [4.78, 5) is 46.3. The third-order valence-corrected chi connectivity index (χ3v) is 6.80.